The Hall–Kier alpha value is -3.27. The van der Waals surface area contributed by atoms with Gasteiger partial charge in [0.15, 0.2) is 0 Å². The molecular weight excluding hydrogens is 313 g/mol. The van der Waals surface area contributed by atoms with Gasteiger partial charge in [0.2, 0.25) is 0 Å². The summed E-state index contributed by atoms with van der Waals surface area (Å²) in [4.78, 5) is 12.3. The lowest BCUT2D eigenvalue weighted by Gasteiger charge is -2.02. The number of imidazole rings is 1. The van der Waals surface area contributed by atoms with Gasteiger partial charge in [0, 0.05) is 29.1 Å². The number of H-pyrrole nitrogens is 1. The van der Waals surface area contributed by atoms with Gasteiger partial charge in [0.05, 0.1) is 11.4 Å². The minimum Gasteiger partial charge on any atom is -0.337 e. The number of hydrogen-bond acceptors (Lipinski definition) is 2. The zero-order chi connectivity index (χ0) is 17.2. The van der Waals surface area contributed by atoms with Crippen LogP contribution in [0.4, 0.5) is 4.39 Å². The molecule has 1 N–H and O–H groups in total. The molecule has 0 fully saturated rings. The molecule has 0 aliphatic carbocycles. The topological polar surface area (TPSA) is 41.6 Å². The number of nitrogens with zero attached hydrogens (tertiary/aromatic N) is 2. The van der Waals surface area contributed by atoms with Gasteiger partial charge < -0.3 is 4.98 Å². The van der Waals surface area contributed by atoms with E-state index in [1.807, 2.05) is 24.3 Å². The number of aromatic amines is 1. The molecule has 0 unspecified atom stereocenters. The van der Waals surface area contributed by atoms with Gasteiger partial charge in [0.25, 0.3) is 0 Å². The summed E-state index contributed by atoms with van der Waals surface area (Å²) in [5, 5.41) is 0. The molecule has 3 nitrogen and oxygen atoms in total. The van der Waals surface area contributed by atoms with E-state index in [0.29, 0.717) is 0 Å². The molecule has 25 heavy (non-hydrogen) atoms. The summed E-state index contributed by atoms with van der Waals surface area (Å²) in [5.41, 5.74) is 5.74. The Morgan fingerprint density at radius 2 is 1.40 bits per heavy atom. The van der Waals surface area contributed by atoms with Crippen LogP contribution in [0, 0.1) is 12.7 Å². The summed E-state index contributed by atoms with van der Waals surface area (Å²) in [5.74, 6) is 0.523. The average molecular weight is 329 g/mol. The Morgan fingerprint density at radius 3 is 2.08 bits per heavy atom. The van der Waals surface area contributed by atoms with E-state index in [-0.39, 0.29) is 5.82 Å². The van der Waals surface area contributed by atoms with Crippen LogP contribution in [0.3, 0.4) is 0 Å². The molecule has 4 heteroatoms. The minimum atomic E-state index is -0.261. The van der Waals surface area contributed by atoms with Crippen molar-refractivity contribution in [3.63, 3.8) is 0 Å². The number of hydrogen-bond donors (Lipinski definition) is 1. The SMILES string of the molecule is Cc1ccc(-c2nc(-c3ccc(F)cc3)c(-c3ccncc3)[nH]2)cc1. The maximum Gasteiger partial charge on any atom is 0.138 e. The van der Waals surface area contributed by atoms with Gasteiger partial charge in [-0.25, -0.2) is 9.37 Å². The second-order valence-corrected chi connectivity index (χ2v) is 5.92. The van der Waals surface area contributed by atoms with Crippen LogP contribution in [0.5, 0.6) is 0 Å². The highest BCUT2D eigenvalue weighted by molar-refractivity contribution is 5.81. The first kappa shape index (κ1) is 15.3. The monoisotopic (exact) mass is 329 g/mol. The highest BCUT2D eigenvalue weighted by Gasteiger charge is 2.15. The predicted molar refractivity (Wildman–Crippen MR) is 97.4 cm³/mol. The van der Waals surface area contributed by atoms with E-state index < -0.39 is 0 Å². The van der Waals surface area contributed by atoms with Crippen molar-refractivity contribution in [3.05, 3.63) is 84.4 Å². The van der Waals surface area contributed by atoms with Crippen molar-refractivity contribution in [2.45, 2.75) is 6.92 Å². The van der Waals surface area contributed by atoms with Crippen LogP contribution < -0.4 is 0 Å². The van der Waals surface area contributed by atoms with Crippen molar-refractivity contribution >= 4 is 0 Å². The molecule has 2 aromatic heterocycles. The van der Waals surface area contributed by atoms with Crippen LogP contribution in [0.15, 0.2) is 73.1 Å². The molecule has 4 aromatic rings. The molecule has 4 rings (SSSR count). The summed E-state index contributed by atoms with van der Waals surface area (Å²) in [6, 6.07) is 18.4. The second-order valence-electron chi connectivity index (χ2n) is 5.92. The fourth-order valence-corrected chi connectivity index (χ4v) is 2.77. The molecule has 2 aromatic carbocycles. The highest BCUT2D eigenvalue weighted by Crippen LogP contribution is 2.32. The van der Waals surface area contributed by atoms with Gasteiger partial charge in [-0.3, -0.25) is 4.98 Å². The third-order valence-corrected chi connectivity index (χ3v) is 4.12. The lowest BCUT2D eigenvalue weighted by molar-refractivity contribution is 0.628. The van der Waals surface area contributed by atoms with Crippen molar-refractivity contribution in [1.29, 1.82) is 0 Å². The first-order valence-electron chi connectivity index (χ1n) is 8.04. The first-order chi connectivity index (χ1) is 12.2. The summed E-state index contributed by atoms with van der Waals surface area (Å²) in [6.07, 6.45) is 3.49. The van der Waals surface area contributed by atoms with Crippen LogP contribution >= 0.6 is 0 Å². The number of halogens is 1. The van der Waals surface area contributed by atoms with E-state index in [4.69, 9.17) is 4.98 Å². The van der Waals surface area contributed by atoms with E-state index in [2.05, 4.69) is 29.0 Å². The molecule has 0 aliphatic rings. The number of aryl methyl sites for hydroxylation is 1. The standard InChI is InChI=1S/C21H16FN3/c1-14-2-4-17(5-3-14)21-24-19(15-6-8-18(22)9-7-15)20(25-21)16-10-12-23-13-11-16/h2-13H,1H3,(H,24,25). The fourth-order valence-electron chi connectivity index (χ4n) is 2.77. The molecule has 2 heterocycles. The Bertz CT molecular complexity index is 988. The smallest absolute Gasteiger partial charge is 0.138 e. The summed E-state index contributed by atoms with van der Waals surface area (Å²) >= 11 is 0. The van der Waals surface area contributed by atoms with Crippen molar-refractivity contribution in [2.24, 2.45) is 0 Å². The number of rotatable bonds is 3. The molecule has 0 saturated heterocycles. The molecule has 0 aliphatic heterocycles. The fraction of sp³-hybridized carbons (Fsp3) is 0.0476. The van der Waals surface area contributed by atoms with Gasteiger partial charge in [-0.15, -0.1) is 0 Å². The van der Waals surface area contributed by atoms with Crippen LogP contribution in [0.2, 0.25) is 0 Å². The summed E-state index contributed by atoms with van der Waals surface area (Å²) in [7, 11) is 0. The van der Waals surface area contributed by atoms with Crippen molar-refractivity contribution in [2.75, 3.05) is 0 Å². The van der Waals surface area contributed by atoms with Crippen molar-refractivity contribution in [3.8, 4) is 33.9 Å². The zero-order valence-electron chi connectivity index (χ0n) is 13.7. The molecule has 0 spiro atoms. The minimum absolute atomic E-state index is 0.261. The largest absolute Gasteiger partial charge is 0.337 e. The predicted octanol–water partition coefficient (Wildman–Crippen LogP) is 5.25. The van der Waals surface area contributed by atoms with E-state index in [0.717, 1.165) is 33.9 Å². The number of pyridine rings is 1. The Kier molecular flexibility index (Phi) is 3.86. The normalized spacial score (nSPS) is 10.8. The number of benzene rings is 2. The van der Waals surface area contributed by atoms with Crippen LogP contribution in [-0.4, -0.2) is 15.0 Å². The molecule has 122 valence electrons. The lowest BCUT2D eigenvalue weighted by atomic mass is 10.1. The first-order valence-corrected chi connectivity index (χ1v) is 8.04. The zero-order valence-corrected chi connectivity index (χ0v) is 13.7. The second kappa shape index (κ2) is 6.32. The molecular formula is C21H16FN3. The Morgan fingerprint density at radius 1 is 0.760 bits per heavy atom. The van der Waals surface area contributed by atoms with Crippen molar-refractivity contribution in [1.82, 2.24) is 15.0 Å². The van der Waals surface area contributed by atoms with Gasteiger partial charge in [0.1, 0.15) is 11.6 Å². The Balaban J connectivity index is 1.89. The molecule has 0 amide bonds. The maximum absolute atomic E-state index is 13.3. The molecule has 0 saturated carbocycles. The number of nitrogens with one attached hydrogen (secondary N) is 1. The third kappa shape index (κ3) is 3.06. The average Bonchev–Trinajstić information content (AvgIpc) is 3.09. The summed E-state index contributed by atoms with van der Waals surface area (Å²) in [6.45, 7) is 2.05. The summed E-state index contributed by atoms with van der Waals surface area (Å²) < 4.78 is 13.3. The molecule has 0 bridgehead atoms. The Labute approximate surface area is 145 Å². The van der Waals surface area contributed by atoms with Crippen LogP contribution in [0.25, 0.3) is 33.9 Å². The van der Waals surface area contributed by atoms with Gasteiger partial charge in [-0.05, 0) is 43.3 Å². The van der Waals surface area contributed by atoms with E-state index in [9.17, 15) is 4.39 Å². The van der Waals surface area contributed by atoms with Gasteiger partial charge in [-0.2, -0.15) is 0 Å². The van der Waals surface area contributed by atoms with E-state index >= 15 is 0 Å². The lowest BCUT2D eigenvalue weighted by Crippen LogP contribution is -1.84. The van der Waals surface area contributed by atoms with E-state index in [1.54, 1.807) is 24.5 Å². The molecule has 0 radical (unpaired) electrons. The molecule has 0 atom stereocenters. The van der Waals surface area contributed by atoms with Gasteiger partial charge >= 0.3 is 0 Å². The van der Waals surface area contributed by atoms with Gasteiger partial charge in [-0.1, -0.05) is 29.8 Å². The van der Waals surface area contributed by atoms with E-state index in [1.165, 1.54) is 17.7 Å². The maximum atomic E-state index is 13.3. The quantitative estimate of drug-likeness (QED) is 0.557. The number of aromatic nitrogens is 3. The van der Waals surface area contributed by atoms with Crippen molar-refractivity contribution < 1.29 is 4.39 Å². The third-order valence-electron chi connectivity index (χ3n) is 4.12. The van der Waals surface area contributed by atoms with Crippen LogP contribution in [-0.2, 0) is 0 Å². The highest BCUT2D eigenvalue weighted by atomic mass is 19.1. The van der Waals surface area contributed by atoms with Crippen LogP contribution in [0.1, 0.15) is 5.56 Å².